The normalized spacial score (nSPS) is 12.2. The van der Waals surface area contributed by atoms with Gasteiger partial charge in [0.15, 0.2) is 0 Å². The number of halogens is 1. The van der Waals surface area contributed by atoms with Gasteiger partial charge in [0.05, 0.1) is 4.08 Å². The molecule has 0 saturated heterocycles. The maximum atomic E-state index is 5.77. The lowest BCUT2D eigenvalue weighted by Gasteiger charge is -2.26. The maximum absolute atomic E-state index is 5.77. The van der Waals surface area contributed by atoms with Crippen LogP contribution < -0.4 is 0 Å². The Labute approximate surface area is 97.1 Å². The number of rotatable bonds is 4. The molecule has 0 aliphatic carbocycles. The van der Waals surface area contributed by atoms with Gasteiger partial charge in [0.1, 0.15) is 0 Å². The summed E-state index contributed by atoms with van der Waals surface area (Å²) in [6.45, 7) is 12.9. The fourth-order valence-electron chi connectivity index (χ4n) is 0.669. The van der Waals surface area contributed by atoms with Crippen LogP contribution in [0, 0.1) is 0 Å². The molecule has 5 heteroatoms. The molecule has 2 nitrogen and oxygen atoms in total. The second kappa shape index (κ2) is 4.83. The van der Waals surface area contributed by atoms with Crippen molar-refractivity contribution in [2.75, 3.05) is 0 Å². The van der Waals surface area contributed by atoms with E-state index in [0.717, 1.165) is 0 Å². The van der Waals surface area contributed by atoms with Crippen molar-refractivity contribution >= 4 is 39.2 Å². The lowest BCUT2D eigenvalue weighted by Crippen LogP contribution is -2.31. The van der Waals surface area contributed by atoms with E-state index in [1.165, 1.54) is 0 Å². The highest BCUT2D eigenvalue weighted by atomic mass is 127. The monoisotopic (exact) mass is 330 g/mol. The zero-order valence-electron chi connectivity index (χ0n) is 9.27. The second-order valence-electron chi connectivity index (χ2n) is 4.86. The Hall–Kier alpha value is 0.504. The summed E-state index contributed by atoms with van der Waals surface area (Å²) in [6, 6.07) is 0. The van der Waals surface area contributed by atoms with Gasteiger partial charge in [-0.3, -0.25) is 0 Å². The zero-order valence-corrected chi connectivity index (χ0v) is 13.4. The average Bonchev–Trinajstić information content (AvgIpc) is 1.79. The highest BCUT2D eigenvalue weighted by Gasteiger charge is 2.23. The molecule has 0 N–H and O–H groups in total. The minimum Gasteiger partial charge on any atom is -0.520 e. The standard InChI is InChI=1S/C8H19IO2Si2/c1-12(2,3)10-8(7-9)11-13(4,5)6/h7H,1-6H3. The summed E-state index contributed by atoms with van der Waals surface area (Å²) < 4.78 is 13.4. The average molecular weight is 330 g/mol. The Balaban J connectivity index is 4.24. The quantitative estimate of drug-likeness (QED) is 0.442. The lowest BCUT2D eigenvalue weighted by molar-refractivity contribution is 0.219. The third-order valence-electron chi connectivity index (χ3n) is 0.903. The molecule has 0 heterocycles. The molecule has 0 amide bonds. The van der Waals surface area contributed by atoms with Crippen molar-refractivity contribution < 1.29 is 8.85 Å². The maximum Gasteiger partial charge on any atom is 0.257 e. The first-order chi connectivity index (χ1) is 5.64. The van der Waals surface area contributed by atoms with Gasteiger partial charge in [0.25, 0.3) is 5.95 Å². The van der Waals surface area contributed by atoms with Crippen molar-refractivity contribution in [2.24, 2.45) is 0 Å². The van der Waals surface area contributed by atoms with Gasteiger partial charge in [-0.2, -0.15) is 0 Å². The molecule has 0 aromatic rings. The topological polar surface area (TPSA) is 18.5 Å². The summed E-state index contributed by atoms with van der Waals surface area (Å²) in [5, 5.41) is 0. The molecule has 0 aliphatic rings. The van der Waals surface area contributed by atoms with E-state index >= 15 is 0 Å². The van der Waals surface area contributed by atoms with Gasteiger partial charge in [-0.1, -0.05) is 0 Å². The van der Waals surface area contributed by atoms with Crippen molar-refractivity contribution in [1.82, 2.24) is 0 Å². The van der Waals surface area contributed by atoms with Crippen LogP contribution in [0.1, 0.15) is 0 Å². The Morgan fingerprint density at radius 1 is 0.923 bits per heavy atom. The van der Waals surface area contributed by atoms with Crippen LogP contribution in [0.3, 0.4) is 0 Å². The Kier molecular flexibility index (Phi) is 5.02. The van der Waals surface area contributed by atoms with Crippen molar-refractivity contribution in [3.63, 3.8) is 0 Å². The Morgan fingerprint density at radius 2 is 1.23 bits per heavy atom. The summed E-state index contributed by atoms with van der Waals surface area (Å²) in [5.74, 6) is 0.707. The molecular formula is C8H19IO2Si2. The van der Waals surface area contributed by atoms with Crippen LogP contribution in [0.5, 0.6) is 0 Å². The van der Waals surface area contributed by atoms with Crippen molar-refractivity contribution in [2.45, 2.75) is 39.3 Å². The Bertz CT molecular complexity index is 173. The zero-order chi connectivity index (χ0) is 10.7. The highest BCUT2D eigenvalue weighted by molar-refractivity contribution is 14.1. The molecule has 0 rings (SSSR count). The van der Waals surface area contributed by atoms with Crippen LogP contribution in [-0.4, -0.2) is 16.6 Å². The smallest absolute Gasteiger partial charge is 0.257 e. The summed E-state index contributed by atoms with van der Waals surface area (Å²) in [5.41, 5.74) is 0. The van der Waals surface area contributed by atoms with Crippen molar-refractivity contribution in [3.8, 4) is 0 Å². The van der Waals surface area contributed by atoms with E-state index in [9.17, 15) is 0 Å². The predicted molar refractivity (Wildman–Crippen MR) is 71.0 cm³/mol. The molecule has 0 unspecified atom stereocenters. The van der Waals surface area contributed by atoms with Crippen LogP contribution in [0.2, 0.25) is 39.3 Å². The first-order valence-corrected chi connectivity index (χ1v) is 12.4. The fraction of sp³-hybridized carbons (Fsp3) is 0.750. The molecule has 78 valence electrons. The van der Waals surface area contributed by atoms with E-state index in [4.69, 9.17) is 8.85 Å². The molecule has 13 heavy (non-hydrogen) atoms. The van der Waals surface area contributed by atoms with Crippen LogP contribution in [0.25, 0.3) is 0 Å². The molecule has 0 spiro atoms. The van der Waals surface area contributed by atoms with Gasteiger partial charge in [0.2, 0.25) is 16.6 Å². The van der Waals surface area contributed by atoms with Crippen LogP contribution in [-0.2, 0) is 8.85 Å². The molecule has 0 aromatic heterocycles. The highest BCUT2D eigenvalue weighted by Crippen LogP contribution is 2.18. The minimum atomic E-state index is -1.52. The molecule has 0 aliphatic heterocycles. The van der Waals surface area contributed by atoms with Crippen molar-refractivity contribution in [3.05, 3.63) is 10.0 Å². The first kappa shape index (κ1) is 13.5. The van der Waals surface area contributed by atoms with Crippen molar-refractivity contribution in [1.29, 1.82) is 0 Å². The van der Waals surface area contributed by atoms with Crippen LogP contribution in [0.15, 0.2) is 10.0 Å². The largest absolute Gasteiger partial charge is 0.520 e. The summed E-state index contributed by atoms with van der Waals surface area (Å²) >= 11 is 2.16. The summed E-state index contributed by atoms with van der Waals surface area (Å²) in [6.07, 6.45) is 0. The summed E-state index contributed by atoms with van der Waals surface area (Å²) in [4.78, 5) is 0. The van der Waals surface area contributed by atoms with Gasteiger partial charge >= 0.3 is 0 Å². The SMILES string of the molecule is C[Si](C)(C)OC(=CI)O[Si](C)(C)C. The van der Waals surface area contributed by atoms with E-state index in [-0.39, 0.29) is 0 Å². The van der Waals surface area contributed by atoms with Gasteiger partial charge in [-0.25, -0.2) is 0 Å². The molecule has 0 saturated carbocycles. The molecule has 0 fully saturated rings. The van der Waals surface area contributed by atoms with Gasteiger partial charge < -0.3 is 8.85 Å². The predicted octanol–water partition coefficient (Wildman–Crippen LogP) is 3.92. The van der Waals surface area contributed by atoms with Crippen LogP contribution in [0.4, 0.5) is 0 Å². The molecular weight excluding hydrogens is 311 g/mol. The van der Waals surface area contributed by atoms with Gasteiger partial charge in [-0.15, -0.1) is 0 Å². The van der Waals surface area contributed by atoms with Crippen LogP contribution >= 0.6 is 22.6 Å². The van der Waals surface area contributed by atoms with E-state index in [1.807, 2.05) is 4.08 Å². The number of hydrogen-bond acceptors (Lipinski definition) is 2. The van der Waals surface area contributed by atoms with Gasteiger partial charge in [-0.05, 0) is 61.9 Å². The fourth-order valence-corrected chi connectivity index (χ4v) is 2.89. The molecule has 0 atom stereocenters. The lowest BCUT2D eigenvalue weighted by atomic mass is 11.1. The van der Waals surface area contributed by atoms with Gasteiger partial charge in [0, 0.05) is 0 Å². The molecule has 0 radical (unpaired) electrons. The van der Waals surface area contributed by atoms with E-state index in [2.05, 4.69) is 61.9 Å². The Morgan fingerprint density at radius 3 is 1.38 bits per heavy atom. The third kappa shape index (κ3) is 8.82. The molecule has 0 bridgehead atoms. The van der Waals surface area contributed by atoms with E-state index in [1.54, 1.807) is 0 Å². The van der Waals surface area contributed by atoms with E-state index < -0.39 is 16.6 Å². The first-order valence-electron chi connectivity index (χ1n) is 4.32. The minimum absolute atomic E-state index is 0.707. The number of hydrogen-bond donors (Lipinski definition) is 0. The molecule has 0 aromatic carbocycles. The third-order valence-corrected chi connectivity index (χ3v) is 3.04. The van der Waals surface area contributed by atoms with E-state index in [0.29, 0.717) is 5.95 Å². The summed E-state index contributed by atoms with van der Waals surface area (Å²) in [7, 11) is -3.03. The second-order valence-corrected chi connectivity index (χ2v) is 14.3.